The highest BCUT2D eigenvalue weighted by molar-refractivity contribution is 6.33. The van der Waals surface area contributed by atoms with Gasteiger partial charge in [-0.25, -0.2) is 0 Å². The topological polar surface area (TPSA) is 232 Å². The molecule has 2 aromatic carbocycles. The molecule has 10 N–H and O–H groups in total. The minimum absolute atomic E-state index is 0.0636. The second-order valence-corrected chi connectivity index (χ2v) is 12.1. The number of methoxy groups -OCH3 is 1. The van der Waals surface area contributed by atoms with Gasteiger partial charge < -0.3 is 52.0 Å². The van der Waals surface area contributed by atoms with Crippen molar-refractivity contribution in [2.75, 3.05) is 45.5 Å². The van der Waals surface area contributed by atoms with Gasteiger partial charge in [-0.1, -0.05) is 6.07 Å². The lowest BCUT2D eigenvalue weighted by molar-refractivity contribution is -0.168. The molecule has 2 aromatic rings. The van der Waals surface area contributed by atoms with E-state index in [-0.39, 0.29) is 47.7 Å². The molecule has 1 saturated carbocycles. The van der Waals surface area contributed by atoms with Gasteiger partial charge in [0, 0.05) is 37.8 Å². The number of aromatic hydroxyl groups is 2. The molecule has 0 unspecified atom stereocenters. The van der Waals surface area contributed by atoms with Crippen LogP contribution in [0.2, 0.25) is 0 Å². The van der Waals surface area contributed by atoms with Crippen LogP contribution in [-0.2, 0) is 27.3 Å². The molecule has 1 amide bonds. The lowest BCUT2D eigenvalue weighted by Crippen LogP contribution is -2.75. The van der Waals surface area contributed by atoms with Gasteiger partial charge in [0.2, 0.25) is 11.6 Å². The van der Waals surface area contributed by atoms with E-state index in [4.69, 9.17) is 16.2 Å². The second kappa shape index (κ2) is 10.7. The molecule has 3 aliphatic rings. The van der Waals surface area contributed by atoms with Crippen molar-refractivity contribution in [2.24, 2.45) is 23.3 Å². The highest BCUT2D eigenvalue weighted by Gasteiger charge is 2.69. The monoisotopic (exact) mass is 623 g/mol. The number of phenols is 2. The van der Waals surface area contributed by atoms with Crippen LogP contribution in [0.5, 0.6) is 17.2 Å². The third kappa shape index (κ3) is 4.39. The largest absolute Gasteiger partial charge is 0.508 e. The maximum Gasteiger partial charge on any atom is 0.256 e. The van der Waals surface area contributed by atoms with Crippen LogP contribution in [-0.4, -0.2) is 94.5 Å². The standard InChI is InChI=1S/C31H37N5O9/c1-35(2)17-11-16(34-12-13-6-7-19(45-5)18(37)8-13)24(38)22-15(17)9-14-10-20-30(44,26(40)21(14)25(22)39)27(41)23(29(32)43)28(42)31(20,33)36(3)4/h6-8,11,14,20,34,37-39,42,44H,9-10,12,33H2,1-5H3,(H2,32,43)/t14-,20+,30-,31-/m0/s1. The Morgan fingerprint density at radius 1 is 1.09 bits per heavy atom. The Kier molecular flexibility index (Phi) is 7.51. The molecule has 0 spiro atoms. The van der Waals surface area contributed by atoms with Crippen molar-refractivity contribution in [3.8, 4) is 17.2 Å². The number of primary amides is 1. The highest BCUT2D eigenvalue weighted by Crippen LogP contribution is 2.55. The van der Waals surface area contributed by atoms with E-state index in [1.807, 2.05) is 0 Å². The fraction of sp³-hybridized carbons (Fsp3) is 0.387. The first kappa shape index (κ1) is 31.6. The van der Waals surface area contributed by atoms with E-state index >= 15 is 0 Å². The third-order valence-electron chi connectivity index (χ3n) is 9.27. The Labute approximate surface area is 258 Å². The SMILES string of the molecule is COc1ccc(CNc2cc(N(C)C)c3c(c2O)C(O)=C2C(=O)[C@]4(O)C(=O)C(C(N)=O)=C(O)[C@@](N)(N(C)C)[C@@H]4C[C@@H]2C3)cc1O. The molecule has 0 bridgehead atoms. The van der Waals surface area contributed by atoms with Crippen LogP contribution in [0.25, 0.3) is 5.76 Å². The normalized spacial score (nSPS) is 26.0. The molecule has 0 heterocycles. The van der Waals surface area contributed by atoms with Crippen molar-refractivity contribution in [1.82, 2.24) is 4.90 Å². The van der Waals surface area contributed by atoms with E-state index in [2.05, 4.69) is 5.32 Å². The average molecular weight is 624 g/mol. The van der Waals surface area contributed by atoms with Crippen LogP contribution in [0.15, 0.2) is 41.2 Å². The van der Waals surface area contributed by atoms with Gasteiger partial charge in [-0.15, -0.1) is 0 Å². The Morgan fingerprint density at radius 3 is 2.31 bits per heavy atom. The number of amides is 1. The van der Waals surface area contributed by atoms with Crippen molar-refractivity contribution in [1.29, 1.82) is 0 Å². The molecule has 0 aromatic heterocycles. The summed E-state index contributed by atoms with van der Waals surface area (Å²) < 4.78 is 5.08. The van der Waals surface area contributed by atoms with Gasteiger partial charge in [0.1, 0.15) is 28.5 Å². The zero-order valence-electron chi connectivity index (χ0n) is 25.5. The van der Waals surface area contributed by atoms with Crippen molar-refractivity contribution in [3.63, 3.8) is 0 Å². The van der Waals surface area contributed by atoms with Crippen molar-refractivity contribution < 1.29 is 44.7 Å². The van der Waals surface area contributed by atoms with Gasteiger partial charge in [-0.05, 0) is 62.2 Å². The van der Waals surface area contributed by atoms with Crippen LogP contribution in [0.4, 0.5) is 11.4 Å². The van der Waals surface area contributed by atoms with E-state index in [1.165, 1.54) is 32.2 Å². The van der Waals surface area contributed by atoms with Crippen molar-refractivity contribution in [2.45, 2.75) is 30.7 Å². The number of hydrogen-bond acceptors (Lipinski definition) is 13. The molecular formula is C31H37N5O9. The number of Topliss-reactive ketones (excluding diaryl/α,β-unsaturated/α-hetero) is 2. The van der Waals surface area contributed by atoms with Crippen molar-refractivity contribution >= 4 is 34.6 Å². The number of carbonyl (C=O) groups excluding carboxylic acids is 3. The molecule has 0 aliphatic heterocycles. The number of fused-ring (bicyclic) bond motifs is 3. The Bertz CT molecular complexity index is 1720. The van der Waals surface area contributed by atoms with Gasteiger partial charge in [0.25, 0.3) is 5.91 Å². The maximum atomic E-state index is 14.2. The molecular weight excluding hydrogens is 586 g/mol. The summed E-state index contributed by atoms with van der Waals surface area (Å²) in [5.74, 6) is -7.85. The highest BCUT2D eigenvalue weighted by atomic mass is 16.5. The third-order valence-corrected chi connectivity index (χ3v) is 9.27. The molecule has 5 rings (SSSR count). The Morgan fingerprint density at radius 2 is 1.76 bits per heavy atom. The predicted molar refractivity (Wildman–Crippen MR) is 164 cm³/mol. The number of anilines is 2. The number of ketones is 2. The van der Waals surface area contributed by atoms with Gasteiger partial charge >= 0.3 is 0 Å². The molecule has 4 atom stereocenters. The fourth-order valence-electron chi connectivity index (χ4n) is 6.90. The van der Waals surface area contributed by atoms with Crippen LogP contribution >= 0.6 is 0 Å². The zero-order chi connectivity index (χ0) is 33.3. The summed E-state index contributed by atoms with van der Waals surface area (Å²) in [5, 5.41) is 59.3. The number of nitrogens with zero attached hydrogens (tertiary/aromatic N) is 2. The quantitative estimate of drug-likeness (QED) is 0.0917. The lowest BCUT2D eigenvalue weighted by Gasteiger charge is -2.54. The van der Waals surface area contributed by atoms with E-state index in [0.717, 1.165) is 0 Å². The molecule has 1 fully saturated rings. The predicted octanol–water partition coefficient (Wildman–Crippen LogP) is 0.643. The van der Waals surface area contributed by atoms with Gasteiger partial charge in [0.05, 0.1) is 18.4 Å². The minimum atomic E-state index is -2.95. The molecule has 14 nitrogen and oxygen atoms in total. The summed E-state index contributed by atoms with van der Waals surface area (Å²) in [4.78, 5) is 43.1. The second-order valence-electron chi connectivity index (χ2n) is 12.1. The number of likely N-dealkylation sites (N-methyl/N-ethyl adjacent to an activating group) is 1. The summed E-state index contributed by atoms with van der Waals surface area (Å²) in [6.45, 7) is 0.153. The Hall–Kier alpha value is -4.79. The molecule has 45 heavy (non-hydrogen) atoms. The maximum absolute atomic E-state index is 14.2. The number of aliphatic hydroxyl groups is 3. The molecule has 0 radical (unpaired) electrons. The number of rotatable bonds is 7. The number of nitrogens with two attached hydrogens (primary N) is 2. The number of ether oxygens (including phenoxy) is 1. The number of hydrogen-bond donors (Lipinski definition) is 8. The summed E-state index contributed by atoms with van der Waals surface area (Å²) >= 11 is 0. The van der Waals surface area contributed by atoms with Gasteiger partial charge in [-0.3, -0.25) is 19.3 Å². The van der Waals surface area contributed by atoms with E-state index in [1.54, 1.807) is 37.2 Å². The summed E-state index contributed by atoms with van der Waals surface area (Å²) in [7, 11) is 7.88. The first-order valence-electron chi connectivity index (χ1n) is 14.1. The smallest absolute Gasteiger partial charge is 0.256 e. The number of nitrogens with one attached hydrogen (secondary N) is 1. The minimum Gasteiger partial charge on any atom is -0.508 e. The van der Waals surface area contributed by atoms with Crippen LogP contribution in [0.3, 0.4) is 0 Å². The molecule has 14 heteroatoms. The average Bonchev–Trinajstić information content (AvgIpc) is 2.96. The van der Waals surface area contributed by atoms with Crippen LogP contribution in [0, 0.1) is 11.8 Å². The van der Waals surface area contributed by atoms with Crippen LogP contribution in [0.1, 0.15) is 23.1 Å². The number of aliphatic hydroxyl groups excluding tert-OH is 2. The number of benzene rings is 2. The molecule has 3 aliphatic carbocycles. The summed E-state index contributed by atoms with van der Waals surface area (Å²) in [6.07, 6.45) is -0.0439. The fourth-order valence-corrected chi connectivity index (χ4v) is 6.90. The Balaban J connectivity index is 1.65. The first-order valence-corrected chi connectivity index (χ1v) is 14.1. The van der Waals surface area contributed by atoms with E-state index in [9.17, 15) is 39.9 Å². The molecule has 240 valence electrons. The van der Waals surface area contributed by atoms with Crippen LogP contribution < -0.4 is 26.4 Å². The first-order chi connectivity index (χ1) is 21.0. The zero-order valence-corrected chi connectivity index (χ0v) is 25.5. The molecule has 0 saturated heterocycles. The van der Waals surface area contributed by atoms with Crippen molar-refractivity contribution in [3.05, 3.63) is 57.9 Å². The number of phenolic OH excluding ortho intramolecular Hbond substituents is 2. The lowest BCUT2D eigenvalue weighted by atomic mass is 9.55. The summed E-state index contributed by atoms with van der Waals surface area (Å²) in [6, 6.07) is 6.48. The summed E-state index contributed by atoms with van der Waals surface area (Å²) in [5.41, 5.74) is 7.60. The number of carbonyl (C=O) groups is 3. The van der Waals surface area contributed by atoms with E-state index in [0.29, 0.717) is 22.6 Å². The van der Waals surface area contributed by atoms with Gasteiger partial charge in [-0.2, -0.15) is 0 Å². The van der Waals surface area contributed by atoms with Gasteiger partial charge in [0.15, 0.2) is 17.1 Å². The van der Waals surface area contributed by atoms with E-state index < -0.39 is 57.7 Å².